The number of carbonyl (C=O) groups excluding carboxylic acids is 1. The Kier molecular flexibility index (Phi) is 9.49. The third-order valence-electron chi connectivity index (χ3n) is 4.03. The Labute approximate surface area is 166 Å². The molecule has 0 fully saturated rings. The van der Waals surface area contributed by atoms with E-state index in [0.29, 0.717) is 13.2 Å². The molecule has 0 aliphatic heterocycles. The van der Waals surface area contributed by atoms with Gasteiger partial charge in [-0.3, -0.25) is 10.1 Å². The highest BCUT2D eigenvalue weighted by Crippen LogP contribution is 2.17. The quantitative estimate of drug-likeness (QED) is 0.610. The molecule has 1 atom stereocenters. The van der Waals surface area contributed by atoms with E-state index in [2.05, 4.69) is 53.8 Å². The van der Waals surface area contributed by atoms with Crippen molar-refractivity contribution in [1.29, 1.82) is 0 Å². The van der Waals surface area contributed by atoms with Gasteiger partial charge in [-0.1, -0.05) is 91.0 Å². The highest BCUT2D eigenvalue weighted by atomic mass is 16.5. The molecule has 3 aromatic carbocycles. The molecule has 146 valence electrons. The summed E-state index contributed by atoms with van der Waals surface area (Å²) in [5, 5.41) is 12.0. The van der Waals surface area contributed by atoms with E-state index < -0.39 is 12.0 Å². The molecule has 0 amide bonds. The average molecular weight is 377 g/mol. The summed E-state index contributed by atoms with van der Waals surface area (Å²) in [6, 6.07) is 29.8. The van der Waals surface area contributed by atoms with Gasteiger partial charge in [0.2, 0.25) is 0 Å². The second-order valence-electron chi connectivity index (χ2n) is 6.09. The van der Waals surface area contributed by atoms with Crippen LogP contribution in [0.4, 0.5) is 0 Å². The fourth-order valence-electron chi connectivity index (χ4n) is 2.56. The van der Waals surface area contributed by atoms with Gasteiger partial charge in [-0.15, -0.1) is 0 Å². The summed E-state index contributed by atoms with van der Waals surface area (Å²) < 4.78 is 4.82. The monoisotopic (exact) mass is 377 g/mol. The SMILES string of the molecule is CCOC(=O)[C@H](CO)NCc1ccccc1.c1ccc(-c2ccccc2)cc1. The third kappa shape index (κ3) is 7.35. The van der Waals surface area contributed by atoms with Crippen molar-refractivity contribution in [1.82, 2.24) is 5.32 Å². The lowest BCUT2D eigenvalue weighted by Crippen LogP contribution is -2.40. The minimum atomic E-state index is -0.653. The first-order chi connectivity index (χ1) is 13.7. The fourth-order valence-corrected chi connectivity index (χ4v) is 2.56. The number of carbonyl (C=O) groups is 1. The second kappa shape index (κ2) is 12.4. The Bertz CT molecular complexity index is 754. The van der Waals surface area contributed by atoms with Crippen molar-refractivity contribution in [3.05, 3.63) is 96.6 Å². The first kappa shape index (κ1) is 21.4. The number of rotatable bonds is 7. The van der Waals surface area contributed by atoms with Gasteiger partial charge in [0.1, 0.15) is 6.04 Å². The van der Waals surface area contributed by atoms with Crippen molar-refractivity contribution in [3.8, 4) is 11.1 Å². The Morgan fingerprint density at radius 3 is 1.75 bits per heavy atom. The van der Waals surface area contributed by atoms with Crippen molar-refractivity contribution in [2.45, 2.75) is 19.5 Å². The summed E-state index contributed by atoms with van der Waals surface area (Å²) in [7, 11) is 0. The number of aliphatic hydroxyl groups is 1. The van der Waals surface area contributed by atoms with Crippen LogP contribution < -0.4 is 5.32 Å². The minimum absolute atomic E-state index is 0.258. The number of benzene rings is 3. The van der Waals surface area contributed by atoms with Crippen LogP contribution >= 0.6 is 0 Å². The molecule has 0 saturated carbocycles. The number of esters is 1. The zero-order chi connectivity index (χ0) is 20.0. The van der Waals surface area contributed by atoms with E-state index in [-0.39, 0.29) is 6.61 Å². The fraction of sp³-hybridized carbons (Fsp3) is 0.208. The predicted octanol–water partition coefficient (Wildman–Crippen LogP) is 4.05. The highest BCUT2D eigenvalue weighted by Gasteiger charge is 2.17. The standard InChI is InChI=1S/C12H17NO3.C12H10/c1-2-16-12(15)11(9-14)13-8-10-6-4-3-5-7-10;1-3-7-11(8-4-1)12-9-5-2-6-10-12/h3-7,11,13-14H,2,8-9H2,1H3;1-10H/t11-;/m0./s1. The molecule has 2 N–H and O–H groups in total. The van der Waals surface area contributed by atoms with Crippen LogP contribution in [0, 0.1) is 0 Å². The van der Waals surface area contributed by atoms with Gasteiger partial charge < -0.3 is 9.84 Å². The van der Waals surface area contributed by atoms with Gasteiger partial charge >= 0.3 is 5.97 Å². The van der Waals surface area contributed by atoms with E-state index in [1.54, 1.807) is 6.92 Å². The number of hydrogen-bond donors (Lipinski definition) is 2. The average Bonchev–Trinajstić information content (AvgIpc) is 2.77. The molecule has 0 aliphatic rings. The van der Waals surface area contributed by atoms with Gasteiger partial charge in [0, 0.05) is 6.54 Å². The van der Waals surface area contributed by atoms with Crippen LogP contribution in [-0.4, -0.2) is 30.3 Å². The molecule has 3 aromatic rings. The summed E-state index contributed by atoms with van der Waals surface area (Å²) >= 11 is 0. The largest absolute Gasteiger partial charge is 0.465 e. The first-order valence-electron chi connectivity index (χ1n) is 9.40. The Balaban J connectivity index is 0.000000207. The number of nitrogens with one attached hydrogen (secondary N) is 1. The summed E-state index contributed by atoms with van der Waals surface area (Å²) in [5.41, 5.74) is 3.61. The van der Waals surface area contributed by atoms with E-state index in [0.717, 1.165) is 5.56 Å². The van der Waals surface area contributed by atoms with Crippen molar-refractivity contribution in [2.75, 3.05) is 13.2 Å². The Hall–Kier alpha value is -2.95. The summed E-state index contributed by atoms with van der Waals surface area (Å²) in [5.74, 6) is -0.416. The molecule has 0 aliphatic carbocycles. The summed E-state index contributed by atoms with van der Waals surface area (Å²) in [6.45, 7) is 2.34. The van der Waals surface area contributed by atoms with E-state index in [1.807, 2.05) is 42.5 Å². The van der Waals surface area contributed by atoms with Crippen molar-refractivity contribution >= 4 is 5.97 Å². The lowest BCUT2D eigenvalue weighted by molar-refractivity contribution is -0.146. The predicted molar refractivity (Wildman–Crippen MR) is 113 cm³/mol. The van der Waals surface area contributed by atoms with Crippen LogP contribution in [0.2, 0.25) is 0 Å². The van der Waals surface area contributed by atoms with Crippen LogP contribution in [0.25, 0.3) is 11.1 Å². The molecule has 4 nitrogen and oxygen atoms in total. The van der Waals surface area contributed by atoms with Crippen LogP contribution in [0.1, 0.15) is 12.5 Å². The molecule has 0 radical (unpaired) electrons. The maximum Gasteiger partial charge on any atom is 0.325 e. The smallest absolute Gasteiger partial charge is 0.325 e. The van der Waals surface area contributed by atoms with E-state index >= 15 is 0 Å². The maximum atomic E-state index is 11.4. The van der Waals surface area contributed by atoms with Crippen molar-refractivity contribution in [3.63, 3.8) is 0 Å². The van der Waals surface area contributed by atoms with Gasteiger partial charge in [0.15, 0.2) is 0 Å². The third-order valence-corrected chi connectivity index (χ3v) is 4.03. The minimum Gasteiger partial charge on any atom is -0.465 e. The highest BCUT2D eigenvalue weighted by molar-refractivity contribution is 5.75. The second-order valence-corrected chi connectivity index (χ2v) is 6.09. The number of ether oxygens (including phenoxy) is 1. The Morgan fingerprint density at radius 2 is 1.32 bits per heavy atom. The lowest BCUT2D eigenvalue weighted by atomic mass is 10.1. The van der Waals surface area contributed by atoms with E-state index in [1.165, 1.54) is 11.1 Å². The van der Waals surface area contributed by atoms with Crippen LogP contribution in [0.5, 0.6) is 0 Å². The molecule has 28 heavy (non-hydrogen) atoms. The van der Waals surface area contributed by atoms with Gasteiger partial charge in [0.25, 0.3) is 0 Å². The molecule has 0 unspecified atom stereocenters. The molecule has 0 bridgehead atoms. The lowest BCUT2D eigenvalue weighted by Gasteiger charge is -2.14. The van der Waals surface area contributed by atoms with E-state index in [9.17, 15) is 4.79 Å². The molecule has 0 aromatic heterocycles. The zero-order valence-electron chi connectivity index (χ0n) is 16.1. The van der Waals surface area contributed by atoms with Gasteiger partial charge in [0.05, 0.1) is 13.2 Å². The summed E-state index contributed by atoms with van der Waals surface area (Å²) in [4.78, 5) is 11.4. The normalized spacial score (nSPS) is 11.1. The molecule has 0 spiro atoms. The molecule has 3 rings (SSSR count). The van der Waals surface area contributed by atoms with E-state index in [4.69, 9.17) is 9.84 Å². The van der Waals surface area contributed by atoms with Gasteiger partial charge in [-0.05, 0) is 23.6 Å². The molecular formula is C24H27NO3. The van der Waals surface area contributed by atoms with Crippen molar-refractivity contribution in [2.24, 2.45) is 0 Å². The van der Waals surface area contributed by atoms with Crippen molar-refractivity contribution < 1.29 is 14.6 Å². The van der Waals surface area contributed by atoms with Crippen LogP contribution in [0.15, 0.2) is 91.0 Å². The molecular weight excluding hydrogens is 350 g/mol. The molecule has 0 saturated heterocycles. The first-order valence-corrected chi connectivity index (χ1v) is 9.40. The van der Waals surface area contributed by atoms with Gasteiger partial charge in [-0.25, -0.2) is 0 Å². The van der Waals surface area contributed by atoms with Crippen LogP contribution in [-0.2, 0) is 16.1 Å². The zero-order valence-corrected chi connectivity index (χ0v) is 16.1. The molecule has 0 heterocycles. The number of hydrogen-bond acceptors (Lipinski definition) is 4. The van der Waals surface area contributed by atoms with Gasteiger partial charge in [-0.2, -0.15) is 0 Å². The maximum absolute atomic E-state index is 11.4. The number of aliphatic hydroxyl groups excluding tert-OH is 1. The van der Waals surface area contributed by atoms with Crippen LogP contribution in [0.3, 0.4) is 0 Å². The molecule has 4 heteroatoms. The Morgan fingerprint density at radius 1 is 0.857 bits per heavy atom. The topological polar surface area (TPSA) is 58.6 Å². The summed E-state index contributed by atoms with van der Waals surface area (Å²) in [6.07, 6.45) is 0.